The second-order valence-corrected chi connectivity index (χ2v) is 3.92. The van der Waals surface area contributed by atoms with Crippen LogP contribution in [0.2, 0.25) is 0 Å². The maximum atomic E-state index is 10.0. The predicted molar refractivity (Wildman–Crippen MR) is 66.4 cm³/mol. The fourth-order valence-electron chi connectivity index (χ4n) is 1.10. The number of aliphatic hydroxyl groups excluding tert-OH is 2. The number of carbonyl (C=O) groups is 2. The lowest BCUT2D eigenvalue weighted by atomic mass is 10.1. The molecule has 0 aliphatic rings. The van der Waals surface area contributed by atoms with Gasteiger partial charge >= 0.3 is 11.9 Å². The number of hydrogen-bond acceptors (Lipinski definition) is 4. The molecule has 0 saturated carbocycles. The molecule has 0 aliphatic carbocycles. The standard InChI is InChI=1S/C7H14O3.C5H10O3/c1-2-3-4-5-6(8)7(9)10;6-4-2-1-3-5(7)8/h6,8H,2-5H2,1H3,(H,9,10);6H,1-4H2,(H,7,8). The second-order valence-electron chi connectivity index (χ2n) is 3.92. The van der Waals surface area contributed by atoms with Gasteiger partial charge in [-0.1, -0.05) is 26.2 Å². The van der Waals surface area contributed by atoms with E-state index in [-0.39, 0.29) is 13.0 Å². The van der Waals surface area contributed by atoms with Crippen molar-refractivity contribution in [2.45, 2.75) is 58.0 Å². The molecule has 0 aromatic carbocycles. The molecule has 108 valence electrons. The van der Waals surface area contributed by atoms with Crippen LogP contribution >= 0.6 is 0 Å². The van der Waals surface area contributed by atoms with E-state index in [9.17, 15) is 9.59 Å². The summed E-state index contributed by atoms with van der Waals surface area (Å²) >= 11 is 0. The van der Waals surface area contributed by atoms with Gasteiger partial charge in [-0.05, 0) is 19.3 Å². The summed E-state index contributed by atoms with van der Waals surface area (Å²) in [5.74, 6) is -1.91. The third kappa shape index (κ3) is 17.3. The quantitative estimate of drug-likeness (QED) is 0.466. The molecule has 0 aromatic rings. The van der Waals surface area contributed by atoms with E-state index in [1.54, 1.807) is 0 Å². The normalized spacial score (nSPS) is 11.3. The van der Waals surface area contributed by atoms with Crippen molar-refractivity contribution in [1.29, 1.82) is 0 Å². The highest BCUT2D eigenvalue weighted by molar-refractivity contribution is 5.71. The zero-order valence-electron chi connectivity index (χ0n) is 10.8. The van der Waals surface area contributed by atoms with Gasteiger partial charge in [-0.3, -0.25) is 4.79 Å². The average Bonchev–Trinajstić information content (AvgIpc) is 2.30. The number of aliphatic hydroxyl groups is 2. The summed E-state index contributed by atoms with van der Waals surface area (Å²) in [7, 11) is 0. The fraction of sp³-hybridized carbons (Fsp3) is 0.833. The van der Waals surface area contributed by atoms with Crippen LogP contribution in [0.25, 0.3) is 0 Å². The number of carboxylic acids is 2. The number of hydrogen-bond donors (Lipinski definition) is 4. The largest absolute Gasteiger partial charge is 0.481 e. The first-order valence-electron chi connectivity index (χ1n) is 6.19. The Kier molecular flexibility index (Phi) is 14.9. The molecule has 0 amide bonds. The van der Waals surface area contributed by atoms with Crippen LogP contribution in [0.15, 0.2) is 0 Å². The molecule has 0 spiro atoms. The van der Waals surface area contributed by atoms with Gasteiger partial charge in [-0.15, -0.1) is 0 Å². The summed E-state index contributed by atoms with van der Waals surface area (Å²) in [6.45, 7) is 2.13. The third-order valence-corrected chi connectivity index (χ3v) is 2.16. The Labute approximate surface area is 107 Å². The van der Waals surface area contributed by atoms with Gasteiger partial charge < -0.3 is 20.4 Å². The molecule has 1 unspecified atom stereocenters. The highest BCUT2D eigenvalue weighted by atomic mass is 16.4. The Hall–Kier alpha value is -1.14. The number of rotatable bonds is 9. The van der Waals surface area contributed by atoms with Crippen LogP contribution in [0.4, 0.5) is 0 Å². The third-order valence-electron chi connectivity index (χ3n) is 2.16. The Morgan fingerprint density at radius 2 is 1.67 bits per heavy atom. The molecule has 0 aromatic heterocycles. The Balaban J connectivity index is 0. The molecule has 0 aliphatic heterocycles. The van der Waals surface area contributed by atoms with Gasteiger partial charge in [0, 0.05) is 13.0 Å². The molecule has 6 nitrogen and oxygen atoms in total. The van der Waals surface area contributed by atoms with E-state index in [4.69, 9.17) is 20.4 Å². The molecular weight excluding hydrogens is 240 g/mol. The number of carboxylic acid groups (broad SMARTS) is 2. The molecule has 1 atom stereocenters. The maximum absolute atomic E-state index is 10.0. The van der Waals surface area contributed by atoms with Gasteiger partial charge in [-0.2, -0.15) is 0 Å². The van der Waals surface area contributed by atoms with Crippen LogP contribution < -0.4 is 0 Å². The number of unbranched alkanes of at least 4 members (excludes halogenated alkanes) is 3. The molecule has 4 N–H and O–H groups in total. The van der Waals surface area contributed by atoms with Gasteiger partial charge in [0.15, 0.2) is 6.10 Å². The van der Waals surface area contributed by atoms with Gasteiger partial charge in [0.05, 0.1) is 0 Å². The molecule has 0 radical (unpaired) electrons. The van der Waals surface area contributed by atoms with Gasteiger partial charge in [0.25, 0.3) is 0 Å². The first kappa shape index (κ1) is 19.2. The van der Waals surface area contributed by atoms with E-state index >= 15 is 0 Å². The summed E-state index contributed by atoms with van der Waals surface area (Å²) < 4.78 is 0. The minimum atomic E-state index is -1.16. The molecular formula is C12H24O6. The van der Waals surface area contributed by atoms with Crippen LogP contribution in [-0.4, -0.2) is 45.1 Å². The van der Waals surface area contributed by atoms with Gasteiger partial charge in [0.2, 0.25) is 0 Å². The topological polar surface area (TPSA) is 115 Å². The van der Waals surface area contributed by atoms with Gasteiger partial charge in [-0.25, -0.2) is 4.79 Å². The average molecular weight is 264 g/mol. The fourth-order valence-corrected chi connectivity index (χ4v) is 1.10. The van der Waals surface area contributed by atoms with Crippen LogP contribution in [0, 0.1) is 0 Å². The van der Waals surface area contributed by atoms with Crippen molar-refractivity contribution in [3.05, 3.63) is 0 Å². The van der Waals surface area contributed by atoms with E-state index in [2.05, 4.69) is 0 Å². The minimum absolute atomic E-state index is 0.0906. The molecule has 0 fully saturated rings. The van der Waals surface area contributed by atoms with Crippen LogP contribution in [0.1, 0.15) is 51.9 Å². The molecule has 0 rings (SSSR count). The first-order chi connectivity index (χ1) is 8.45. The van der Waals surface area contributed by atoms with Crippen LogP contribution in [0.3, 0.4) is 0 Å². The Morgan fingerprint density at radius 3 is 2.06 bits per heavy atom. The zero-order valence-corrected chi connectivity index (χ0v) is 10.8. The van der Waals surface area contributed by atoms with E-state index < -0.39 is 18.0 Å². The highest BCUT2D eigenvalue weighted by Crippen LogP contribution is 2.02. The zero-order chi connectivity index (χ0) is 14.4. The lowest BCUT2D eigenvalue weighted by molar-refractivity contribution is -0.147. The molecule has 18 heavy (non-hydrogen) atoms. The lowest BCUT2D eigenvalue weighted by Gasteiger charge is -2.02. The Bertz CT molecular complexity index is 217. The smallest absolute Gasteiger partial charge is 0.332 e. The summed E-state index contributed by atoms with van der Waals surface area (Å²) in [5.41, 5.74) is 0. The predicted octanol–water partition coefficient (Wildman–Crippen LogP) is 1.25. The summed E-state index contributed by atoms with van der Waals surface area (Å²) in [5, 5.41) is 33.2. The first-order valence-corrected chi connectivity index (χ1v) is 6.19. The van der Waals surface area contributed by atoms with E-state index in [1.165, 1.54) is 0 Å². The molecule has 0 saturated heterocycles. The SMILES string of the molecule is CCCCCC(O)C(=O)O.O=C(O)CCCCO. The van der Waals surface area contributed by atoms with Crippen molar-refractivity contribution >= 4 is 11.9 Å². The minimum Gasteiger partial charge on any atom is -0.481 e. The van der Waals surface area contributed by atoms with Crippen molar-refractivity contribution in [2.75, 3.05) is 6.61 Å². The number of aliphatic carboxylic acids is 2. The summed E-state index contributed by atoms with van der Waals surface area (Å²) in [6, 6.07) is 0. The van der Waals surface area contributed by atoms with Crippen molar-refractivity contribution < 1.29 is 30.0 Å². The lowest BCUT2D eigenvalue weighted by Crippen LogP contribution is -2.18. The molecule has 6 heteroatoms. The summed E-state index contributed by atoms with van der Waals surface area (Å²) in [6.07, 6.45) is 3.38. The van der Waals surface area contributed by atoms with Crippen molar-refractivity contribution in [2.24, 2.45) is 0 Å². The van der Waals surface area contributed by atoms with E-state index in [0.29, 0.717) is 19.3 Å². The molecule has 0 bridgehead atoms. The van der Waals surface area contributed by atoms with Crippen molar-refractivity contribution in [3.63, 3.8) is 0 Å². The van der Waals surface area contributed by atoms with Crippen LogP contribution in [0.5, 0.6) is 0 Å². The van der Waals surface area contributed by atoms with E-state index in [1.807, 2.05) is 6.92 Å². The molecule has 0 heterocycles. The highest BCUT2D eigenvalue weighted by Gasteiger charge is 2.10. The second kappa shape index (κ2) is 13.9. The van der Waals surface area contributed by atoms with Crippen molar-refractivity contribution in [3.8, 4) is 0 Å². The Morgan fingerprint density at radius 1 is 1.06 bits per heavy atom. The maximum Gasteiger partial charge on any atom is 0.332 e. The van der Waals surface area contributed by atoms with Gasteiger partial charge in [0.1, 0.15) is 0 Å². The van der Waals surface area contributed by atoms with Crippen LogP contribution in [-0.2, 0) is 9.59 Å². The summed E-state index contributed by atoms with van der Waals surface area (Å²) in [4.78, 5) is 19.8. The van der Waals surface area contributed by atoms with Crippen molar-refractivity contribution in [1.82, 2.24) is 0 Å². The monoisotopic (exact) mass is 264 g/mol. The van der Waals surface area contributed by atoms with E-state index in [0.717, 1.165) is 19.3 Å².